The molecule has 1 nitrogen and oxygen atoms in total. The molecule has 0 aromatic heterocycles. The molecule has 0 unspecified atom stereocenters. The summed E-state index contributed by atoms with van der Waals surface area (Å²) in [5.41, 5.74) is 7.65. The van der Waals surface area contributed by atoms with Gasteiger partial charge in [0.2, 0.25) is 0 Å². The molecular formula is C23H34O. The highest BCUT2D eigenvalue weighted by Gasteiger charge is 2.29. The maximum atomic E-state index is 8.93. The first-order valence-electron chi connectivity index (χ1n) is 9.50. The molecule has 2 aliphatic rings. The molecule has 0 aromatic rings. The summed E-state index contributed by atoms with van der Waals surface area (Å²) in [6.45, 7) is 9.19. The van der Waals surface area contributed by atoms with E-state index in [0.717, 1.165) is 5.57 Å². The van der Waals surface area contributed by atoms with Gasteiger partial charge in [-0.05, 0) is 80.9 Å². The summed E-state index contributed by atoms with van der Waals surface area (Å²) in [6, 6.07) is 0. The van der Waals surface area contributed by atoms with Crippen LogP contribution in [0.1, 0.15) is 72.6 Å². The summed E-state index contributed by atoms with van der Waals surface area (Å²) < 4.78 is 0. The van der Waals surface area contributed by atoms with Crippen LogP contribution >= 0.6 is 0 Å². The topological polar surface area (TPSA) is 20.2 Å². The van der Waals surface area contributed by atoms with Gasteiger partial charge in [-0.3, -0.25) is 0 Å². The molecule has 24 heavy (non-hydrogen) atoms. The number of aliphatic hydroxyl groups is 1. The summed E-state index contributed by atoms with van der Waals surface area (Å²) in [7, 11) is 0. The number of rotatable bonds is 4. The molecular weight excluding hydrogens is 292 g/mol. The van der Waals surface area contributed by atoms with Gasteiger partial charge in [0.25, 0.3) is 0 Å². The van der Waals surface area contributed by atoms with Gasteiger partial charge in [-0.1, -0.05) is 55.4 Å². The highest BCUT2D eigenvalue weighted by molar-refractivity contribution is 5.43. The van der Waals surface area contributed by atoms with Crippen LogP contribution in [0.2, 0.25) is 0 Å². The van der Waals surface area contributed by atoms with Gasteiger partial charge in [-0.2, -0.15) is 0 Å². The van der Waals surface area contributed by atoms with Crippen molar-refractivity contribution in [2.45, 2.75) is 72.6 Å². The average Bonchev–Trinajstić information content (AvgIpc) is 2.48. The van der Waals surface area contributed by atoms with Crippen LogP contribution in [0.15, 0.2) is 58.2 Å². The summed E-state index contributed by atoms with van der Waals surface area (Å²) in [5, 5.41) is 8.93. The number of allylic oxidation sites excluding steroid dienone is 9. The van der Waals surface area contributed by atoms with Crippen molar-refractivity contribution in [1.82, 2.24) is 0 Å². The monoisotopic (exact) mass is 326 g/mol. The Bertz CT molecular complexity index is 594. The van der Waals surface area contributed by atoms with Gasteiger partial charge in [-0.25, -0.2) is 0 Å². The van der Waals surface area contributed by atoms with Gasteiger partial charge in [-0.15, -0.1) is 0 Å². The van der Waals surface area contributed by atoms with E-state index in [-0.39, 0.29) is 6.61 Å². The molecule has 0 aliphatic heterocycles. The molecule has 1 heteroatoms. The Morgan fingerprint density at radius 1 is 1.12 bits per heavy atom. The van der Waals surface area contributed by atoms with Gasteiger partial charge in [0.15, 0.2) is 0 Å². The van der Waals surface area contributed by atoms with Gasteiger partial charge in [0.05, 0.1) is 6.61 Å². The van der Waals surface area contributed by atoms with Gasteiger partial charge in [0, 0.05) is 0 Å². The van der Waals surface area contributed by atoms with Crippen LogP contribution in [0.5, 0.6) is 0 Å². The van der Waals surface area contributed by atoms with Gasteiger partial charge < -0.3 is 5.11 Å². The minimum Gasteiger partial charge on any atom is -0.392 e. The summed E-state index contributed by atoms with van der Waals surface area (Å²) in [5.74, 6) is 0. The lowest BCUT2D eigenvalue weighted by Crippen LogP contribution is -2.21. The Labute approximate surface area is 148 Å². The Morgan fingerprint density at radius 3 is 2.58 bits per heavy atom. The zero-order valence-electron chi connectivity index (χ0n) is 16.0. The first-order valence-corrected chi connectivity index (χ1v) is 9.50. The van der Waals surface area contributed by atoms with E-state index in [4.69, 9.17) is 5.11 Å². The van der Waals surface area contributed by atoms with E-state index in [9.17, 15) is 0 Å². The molecule has 0 saturated carbocycles. The van der Waals surface area contributed by atoms with E-state index >= 15 is 0 Å². The summed E-state index contributed by atoms with van der Waals surface area (Å²) >= 11 is 0. The van der Waals surface area contributed by atoms with Crippen LogP contribution in [-0.2, 0) is 0 Å². The molecule has 1 N–H and O–H groups in total. The minimum atomic E-state index is 0.107. The maximum absolute atomic E-state index is 8.93. The fourth-order valence-electron chi connectivity index (χ4n) is 3.92. The zero-order chi connectivity index (χ0) is 17.6. The lowest BCUT2D eigenvalue weighted by Gasteiger charge is -2.35. The third-order valence-corrected chi connectivity index (χ3v) is 5.51. The van der Waals surface area contributed by atoms with E-state index in [2.05, 4.69) is 45.1 Å². The molecule has 0 amide bonds. The van der Waals surface area contributed by atoms with Crippen LogP contribution in [0.25, 0.3) is 0 Å². The Kier molecular flexibility index (Phi) is 6.86. The SMILES string of the molecule is CC(/C=C/C=C(C)/C1=C/C2=C(CCCC1)CCCC2(C)C)=C\CO. The van der Waals surface area contributed by atoms with Crippen molar-refractivity contribution >= 4 is 0 Å². The predicted octanol–water partition coefficient (Wildman–Crippen LogP) is 6.43. The van der Waals surface area contributed by atoms with Crippen LogP contribution in [0.3, 0.4) is 0 Å². The third kappa shape index (κ3) is 5.08. The average molecular weight is 327 g/mol. The fourth-order valence-corrected chi connectivity index (χ4v) is 3.92. The molecule has 132 valence electrons. The van der Waals surface area contributed by atoms with E-state index in [1.54, 1.807) is 11.1 Å². The summed E-state index contributed by atoms with van der Waals surface area (Å²) in [6.07, 6.45) is 19.8. The second kappa shape index (κ2) is 8.67. The lowest BCUT2D eigenvalue weighted by molar-refractivity contribution is 0.342. The molecule has 0 heterocycles. The molecule has 0 saturated heterocycles. The third-order valence-electron chi connectivity index (χ3n) is 5.51. The van der Waals surface area contributed by atoms with Crippen LogP contribution in [0, 0.1) is 5.41 Å². The standard InChI is InChI=1S/C23H34O/c1-18(14-16-24)9-7-10-19(2)21-12-6-5-11-20-13-8-15-23(3,4)22(20)17-21/h7,9-10,14,17,24H,5-6,8,11-13,15-16H2,1-4H3/b9-7+,18-14+,19-10+,21-17+. The smallest absolute Gasteiger partial charge is 0.0617 e. The number of aliphatic hydroxyl groups excluding tert-OH is 1. The Hall–Kier alpha value is -1.34. The normalized spacial score (nSPS) is 25.1. The number of hydrogen-bond donors (Lipinski definition) is 1. The van der Waals surface area contributed by atoms with Crippen LogP contribution in [-0.4, -0.2) is 11.7 Å². The van der Waals surface area contributed by atoms with E-state index < -0.39 is 0 Å². The molecule has 0 fully saturated rings. The second-order valence-electron chi connectivity index (χ2n) is 7.97. The zero-order valence-corrected chi connectivity index (χ0v) is 16.0. The predicted molar refractivity (Wildman–Crippen MR) is 105 cm³/mol. The van der Waals surface area contributed by atoms with Gasteiger partial charge in [0.1, 0.15) is 0 Å². The van der Waals surface area contributed by atoms with E-state index in [1.807, 2.05) is 13.0 Å². The van der Waals surface area contributed by atoms with Crippen molar-refractivity contribution < 1.29 is 5.11 Å². The van der Waals surface area contributed by atoms with Crippen LogP contribution < -0.4 is 0 Å². The molecule has 0 bridgehead atoms. The Morgan fingerprint density at radius 2 is 1.83 bits per heavy atom. The van der Waals surface area contributed by atoms with E-state index in [1.165, 1.54) is 56.1 Å². The summed E-state index contributed by atoms with van der Waals surface area (Å²) in [4.78, 5) is 0. The highest BCUT2D eigenvalue weighted by Crippen LogP contribution is 2.44. The van der Waals surface area contributed by atoms with Crippen molar-refractivity contribution in [3.05, 3.63) is 58.2 Å². The number of hydrogen-bond acceptors (Lipinski definition) is 1. The molecule has 0 radical (unpaired) electrons. The lowest BCUT2D eigenvalue weighted by atomic mass is 9.70. The first kappa shape index (κ1) is 19.0. The van der Waals surface area contributed by atoms with Gasteiger partial charge >= 0.3 is 0 Å². The minimum absolute atomic E-state index is 0.107. The van der Waals surface area contributed by atoms with Crippen molar-refractivity contribution in [3.63, 3.8) is 0 Å². The fraction of sp³-hybridized carbons (Fsp3) is 0.565. The highest BCUT2D eigenvalue weighted by atomic mass is 16.2. The van der Waals surface area contributed by atoms with Crippen molar-refractivity contribution in [3.8, 4) is 0 Å². The second-order valence-corrected chi connectivity index (χ2v) is 7.97. The first-order chi connectivity index (χ1) is 11.4. The molecule has 0 spiro atoms. The molecule has 2 aliphatic carbocycles. The molecule has 0 aromatic carbocycles. The van der Waals surface area contributed by atoms with E-state index in [0.29, 0.717) is 5.41 Å². The maximum Gasteiger partial charge on any atom is 0.0617 e. The van der Waals surface area contributed by atoms with Crippen LogP contribution in [0.4, 0.5) is 0 Å². The van der Waals surface area contributed by atoms with Crippen molar-refractivity contribution in [2.75, 3.05) is 6.61 Å². The van der Waals surface area contributed by atoms with Crippen molar-refractivity contribution in [2.24, 2.45) is 5.41 Å². The van der Waals surface area contributed by atoms with Crippen molar-refractivity contribution in [1.29, 1.82) is 0 Å². The largest absolute Gasteiger partial charge is 0.392 e. The molecule has 2 rings (SSSR count). The Balaban J connectivity index is 2.28. The molecule has 0 atom stereocenters. The quantitative estimate of drug-likeness (QED) is 0.590.